The van der Waals surface area contributed by atoms with Crippen LogP contribution in [-0.4, -0.2) is 17.4 Å². The van der Waals surface area contributed by atoms with Gasteiger partial charge in [-0.1, -0.05) is 24.3 Å². The number of para-hydroxylation sites is 1. The number of benzene rings is 2. The molecule has 0 radical (unpaired) electrons. The zero-order valence-electron chi connectivity index (χ0n) is 11.4. The summed E-state index contributed by atoms with van der Waals surface area (Å²) in [5.41, 5.74) is 0.200. The summed E-state index contributed by atoms with van der Waals surface area (Å²) in [6.45, 7) is 2.06. The quantitative estimate of drug-likeness (QED) is 0.675. The number of rotatable bonds is 5. The van der Waals surface area contributed by atoms with E-state index in [1.807, 2.05) is 6.07 Å². The molecule has 0 aliphatic carbocycles. The zero-order chi connectivity index (χ0) is 15.2. The molecule has 2 aromatic carbocycles. The largest absolute Gasteiger partial charge is 0.493 e. The van der Waals surface area contributed by atoms with Gasteiger partial charge in [0.05, 0.1) is 11.5 Å². The lowest BCUT2D eigenvalue weighted by atomic mass is 10.1. The maximum atomic E-state index is 12.3. The van der Waals surface area contributed by atoms with E-state index in [2.05, 4.69) is 5.32 Å². The average Bonchev–Trinajstić information content (AvgIpc) is 2.48. The van der Waals surface area contributed by atoms with Crippen LogP contribution in [0.25, 0.3) is 0 Å². The van der Waals surface area contributed by atoms with Crippen molar-refractivity contribution in [2.75, 3.05) is 11.9 Å². The summed E-state index contributed by atoms with van der Waals surface area (Å²) in [7, 11) is 0. The average molecular weight is 286 g/mol. The van der Waals surface area contributed by atoms with Gasteiger partial charge in [0, 0.05) is 11.8 Å². The van der Waals surface area contributed by atoms with E-state index in [1.165, 1.54) is 18.2 Å². The second-order valence-corrected chi connectivity index (χ2v) is 4.16. The minimum atomic E-state index is -0.595. The summed E-state index contributed by atoms with van der Waals surface area (Å²) < 4.78 is 5.32. The van der Waals surface area contributed by atoms with E-state index >= 15 is 0 Å². The molecule has 2 aromatic rings. The van der Waals surface area contributed by atoms with E-state index in [1.54, 1.807) is 31.2 Å². The summed E-state index contributed by atoms with van der Waals surface area (Å²) in [6, 6.07) is 13.0. The Kier molecular flexibility index (Phi) is 4.50. The first-order valence-corrected chi connectivity index (χ1v) is 6.40. The van der Waals surface area contributed by atoms with Gasteiger partial charge in [0.25, 0.3) is 11.6 Å². The molecule has 0 aromatic heterocycles. The van der Waals surface area contributed by atoms with Crippen molar-refractivity contribution in [2.24, 2.45) is 0 Å². The molecule has 0 aliphatic heterocycles. The Bertz CT molecular complexity index is 656. The molecule has 0 aliphatic rings. The van der Waals surface area contributed by atoms with Crippen LogP contribution in [0.15, 0.2) is 48.5 Å². The Morgan fingerprint density at radius 2 is 1.90 bits per heavy atom. The van der Waals surface area contributed by atoms with Gasteiger partial charge in [0.1, 0.15) is 5.75 Å². The standard InChI is InChI=1S/C15H14N2O4/c1-2-21-13-10-6-9-12(17(19)20)14(13)15(18)16-11-7-4-3-5-8-11/h3-10H,2H2,1H3,(H,16,18). The molecule has 6 nitrogen and oxygen atoms in total. The Hall–Kier alpha value is -2.89. The van der Waals surface area contributed by atoms with Gasteiger partial charge >= 0.3 is 0 Å². The summed E-state index contributed by atoms with van der Waals surface area (Å²) >= 11 is 0. The van der Waals surface area contributed by atoms with E-state index in [0.717, 1.165) is 0 Å². The van der Waals surface area contributed by atoms with E-state index in [9.17, 15) is 14.9 Å². The molecule has 0 spiro atoms. The van der Waals surface area contributed by atoms with Gasteiger partial charge < -0.3 is 10.1 Å². The molecule has 21 heavy (non-hydrogen) atoms. The predicted molar refractivity (Wildman–Crippen MR) is 78.7 cm³/mol. The minimum Gasteiger partial charge on any atom is -0.493 e. The highest BCUT2D eigenvalue weighted by Crippen LogP contribution is 2.29. The molecule has 108 valence electrons. The second-order valence-electron chi connectivity index (χ2n) is 4.16. The van der Waals surface area contributed by atoms with Crippen molar-refractivity contribution < 1.29 is 14.5 Å². The Morgan fingerprint density at radius 1 is 1.19 bits per heavy atom. The number of nitro benzene ring substituents is 1. The molecule has 0 fully saturated rings. The number of hydrogen-bond donors (Lipinski definition) is 1. The molecule has 6 heteroatoms. The molecular weight excluding hydrogens is 272 g/mol. The fourth-order valence-electron chi connectivity index (χ4n) is 1.89. The zero-order valence-corrected chi connectivity index (χ0v) is 11.4. The van der Waals surface area contributed by atoms with Crippen molar-refractivity contribution in [3.63, 3.8) is 0 Å². The Balaban J connectivity index is 2.40. The number of anilines is 1. The summed E-state index contributed by atoms with van der Waals surface area (Å²) in [5.74, 6) is -0.378. The van der Waals surface area contributed by atoms with Crippen molar-refractivity contribution in [1.82, 2.24) is 0 Å². The number of ether oxygens (including phenoxy) is 1. The Morgan fingerprint density at radius 3 is 2.52 bits per heavy atom. The number of nitrogens with one attached hydrogen (secondary N) is 1. The number of hydrogen-bond acceptors (Lipinski definition) is 4. The lowest BCUT2D eigenvalue weighted by molar-refractivity contribution is -0.385. The highest BCUT2D eigenvalue weighted by atomic mass is 16.6. The van der Waals surface area contributed by atoms with Crippen LogP contribution in [0.2, 0.25) is 0 Å². The number of nitrogens with zero attached hydrogens (tertiary/aromatic N) is 1. The molecule has 0 heterocycles. The van der Waals surface area contributed by atoms with Crippen LogP contribution in [0.3, 0.4) is 0 Å². The van der Waals surface area contributed by atoms with Gasteiger partial charge in [-0.3, -0.25) is 14.9 Å². The normalized spacial score (nSPS) is 9.95. The molecular formula is C15H14N2O4. The van der Waals surface area contributed by atoms with Gasteiger partial charge in [0.15, 0.2) is 5.56 Å². The third-order valence-corrected chi connectivity index (χ3v) is 2.76. The number of carbonyl (C=O) groups excluding carboxylic acids is 1. The smallest absolute Gasteiger partial charge is 0.285 e. The van der Waals surface area contributed by atoms with Gasteiger partial charge in [0.2, 0.25) is 0 Å². The highest BCUT2D eigenvalue weighted by molar-refractivity contribution is 6.09. The molecule has 0 saturated heterocycles. The molecule has 0 bridgehead atoms. The van der Waals surface area contributed by atoms with Gasteiger partial charge in [-0.2, -0.15) is 0 Å². The first-order valence-electron chi connectivity index (χ1n) is 6.40. The van der Waals surface area contributed by atoms with Crippen LogP contribution in [0, 0.1) is 10.1 Å². The third kappa shape index (κ3) is 3.36. The molecule has 0 saturated carbocycles. The van der Waals surface area contributed by atoms with Crippen molar-refractivity contribution in [2.45, 2.75) is 6.92 Å². The van der Waals surface area contributed by atoms with Gasteiger partial charge in [-0.05, 0) is 25.1 Å². The Labute approximate surface area is 121 Å². The molecule has 1 N–H and O–H groups in total. The highest BCUT2D eigenvalue weighted by Gasteiger charge is 2.25. The summed E-state index contributed by atoms with van der Waals surface area (Å²) in [6.07, 6.45) is 0. The summed E-state index contributed by atoms with van der Waals surface area (Å²) in [5, 5.41) is 13.7. The van der Waals surface area contributed by atoms with Crippen molar-refractivity contribution in [1.29, 1.82) is 0 Å². The summed E-state index contributed by atoms with van der Waals surface area (Å²) in [4.78, 5) is 22.8. The maximum Gasteiger partial charge on any atom is 0.285 e. The van der Waals surface area contributed by atoms with E-state index in [4.69, 9.17) is 4.74 Å². The van der Waals surface area contributed by atoms with Crippen LogP contribution < -0.4 is 10.1 Å². The predicted octanol–water partition coefficient (Wildman–Crippen LogP) is 3.25. The van der Waals surface area contributed by atoms with E-state index < -0.39 is 10.8 Å². The fraction of sp³-hybridized carbons (Fsp3) is 0.133. The van der Waals surface area contributed by atoms with Crippen LogP contribution in [-0.2, 0) is 0 Å². The SMILES string of the molecule is CCOc1cccc([N+](=O)[O-])c1C(=O)Nc1ccccc1. The topological polar surface area (TPSA) is 81.5 Å². The molecule has 0 unspecified atom stereocenters. The number of amides is 1. The van der Waals surface area contributed by atoms with Crippen molar-refractivity contribution >= 4 is 17.3 Å². The van der Waals surface area contributed by atoms with E-state index in [0.29, 0.717) is 12.3 Å². The lowest BCUT2D eigenvalue weighted by Crippen LogP contribution is -2.15. The molecule has 1 amide bonds. The maximum absolute atomic E-state index is 12.3. The van der Waals surface area contributed by atoms with Crippen molar-refractivity contribution in [3.8, 4) is 5.75 Å². The second kappa shape index (κ2) is 6.51. The lowest BCUT2D eigenvalue weighted by Gasteiger charge is -2.10. The van der Waals surface area contributed by atoms with Gasteiger partial charge in [-0.25, -0.2) is 0 Å². The fourth-order valence-corrected chi connectivity index (χ4v) is 1.89. The first kappa shape index (κ1) is 14.5. The van der Waals surface area contributed by atoms with Crippen molar-refractivity contribution in [3.05, 3.63) is 64.2 Å². The first-order chi connectivity index (χ1) is 10.1. The van der Waals surface area contributed by atoms with Crippen LogP contribution in [0.4, 0.5) is 11.4 Å². The molecule has 2 rings (SSSR count). The number of carbonyl (C=O) groups is 1. The molecule has 0 atom stereocenters. The number of nitro groups is 1. The monoisotopic (exact) mass is 286 g/mol. The van der Waals surface area contributed by atoms with Crippen LogP contribution in [0.1, 0.15) is 17.3 Å². The van der Waals surface area contributed by atoms with Gasteiger partial charge in [-0.15, -0.1) is 0 Å². The third-order valence-electron chi connectivity index (χ3n) is 2.76. The minimum absolute atomic E-state index is 0.0757. The van der Waals surface area contributed by atoms with Crippen LogP contribution >= 0.6 is 0 Å². The van der Waals surface area contributed by atoms with E-state index in [-0.39, 0.29) is 17.0 Å². The van der Waals surface area contributed by atoms with Crippen LogP contribution in [0.5, 0.6) is 5.75 Å².